The summed E-state index contributed by atoms with van der Waals surface area (Å²) in [5.74, 6) is 1.13. The third kappa shape index (κ3) is 4.36. The van der Waals surface area contributed by atoms with Gasteiger partial charge < -0.3 is 9.84 Å². The highest BCUT2D eigenvalue weighted by molar-refractivity contribution is 5.84. The summed E-state index contributed by atoms with van der Waals surface area (Å²) in [6.07, 6.45) is 11.2. The summed E-state index contributed by atoms with van der Waals surface area (Å²) in [4.78, 5) is 13.5. The second-order valence-corrected chi connectivity index (χ2v) is 14.0. The second kappa shape index (κ2) is 9.70. The Hall–Kier alpha value is -2.23. The van der Waals surface area contributed by atoms with Crippen molar-refractivity contribution in [2.24, 2.45) is 34.0 Å². The summed E-state index contributed by atoms with van der Waals surface area (Å²) >= 11 is 0. The van der Waals surface area contributed by atoms with Gasteiger partial charge in [0, 0.05) is 18.3 Å². The number of hydrogen-bond acceptors (Lipinski definition) is 3. The molecule has 3 saturated carbocycles. The lowest BCUT2D eigenvalue weighted by Gasteiger charge is -2.60. The maximum atomic E-state index is 13.5. The van der Waals surface area contributed by atoms with Crippen LogP contribution in [-0.4, -0.2) is 16.7 Å². The zero-order valence-electron chi connectivity index (χ0n) is 24.3. The zero-order valence-corrected chi connectivity index (χ0v) is 24.3. The van der Waals surface area contributed by atoms with Gasteiger partial charge in [-0.15, -0.1) is 0 Å². The molecule has 0 amide bonds. The van der Waals surface area contributed by atoms with Gasteiger partial charge in [0.25, 0.3) is 0 Å². The third-order valence-electron chi connectivity index (χ3n) is 12.1. The number of allylic oxidation sites excluding steroid dienone is 1. The zero-order chi connectivity index (χ0) is 27.5. The van der Waals surface area contributed by atoms with Crippen LogP contribution in [-0.2, 0) is 22.6 Å². The molecule has 3 heteroatoms. The summed E-state index contributed by atoms with van der Waals surface area (Å²) < 4.78 is 6.20. The molecular weight excluding hydrogens is 480 g/mol. The number of ketones is 1. The van der Waals surface area contributed by atoms with Gasteiger partial charge in [0.05, 0.1) is 6.61 Å². The van der Waals surface area contributed by atoms with Gasteiger partial charge in [-0.1, -0.05) is 85.7 Å². The first kappa shape index (κ1) is 27.0. The fraction of sp³-hybridized carbons (Fsp3) is 0.583. The van der Waals surface area contributed by atoms with Crippen LogP contribution in [0, 0.1) is 40.9 Å². The molecule has 3 fully saturated rings. The number of fused-ring (bicyclic) bond motifs is 5. The molecule has 4 aliphatic rings. The molecule has 208 valence electrons. The minimum Gasteiger partial charge on any atom is -0.365 e. The summed E-state index contributed by atoms with van der Waals surface area (Å²) in [6, 6.07) is 19.1. The van der Waals surface area contributed by atoms with Gasteiger partial charge in [-0.3, -0.25) is 4.79 Å². The normalized spacial score (nSPS) is 39.3. The van der Waals surface area contributed by atoms with Crippen molar-refractivity contribution in [1.29, 1.82) is 0 Å². The lowest BCUT2D eigenvalue weighted by molar-refractivity contribution is -0.231. The Morgan fingerprint density at radius 1 is 0.923 bits per heavy atom. The minimum absolute atomic E-state index is 0.0457. The van der Waals surface area contributed by atoms with Gasteiger partial charge in [0.2, 0.25) is 0 Å². The Morgan fingerprint density at radius 3 is 2.36 bits per heavy atom. The van der Waals surface area contributed by atoms with E-state index in [0.29, 0.717) is 43.0 Å². The van der Waals surface area contributed by atoms with Crippen LogP contribution in [0.25, 0.3) is 0 Å². The van der Waals surface area contributed by atoms with Gasteiger partial charge in [-0.05, 0) is 98.5 Å². The predicted molar refractivity (Wildman–Crippen MR) is 156 cm³/mol. The van der Waals surface area contributed by atoms with E-state index in [1.165, 1.54) is 23.1 Å². The van der Waals surface area contributed by atoms with E-state index in [9.17, 15) is 9.90 Å². The Bertz CT molecular complexity index is 1250. The molecule has 39 heavy (non-hydrogen) atoms. The van der Waals surface area contributed by atoms with Crippen molar-refractivity contribution in [3.05, 3.63) is 82.9 Å². The maximum Gasteiger partial charge on any atom is 0.169 e. The third-order valence-corrected chi connectivity index (χ3v) is 12.1. The number of ether oxygens (including phenoxy) is 1. The molecule has 0 aliphatic heterocycles. The molecule has 3 unspecified atom stereocenters. The first-order chi connectivity index (χ1) is 18.6. The van der Waals surface area contributed by atoms with Gasteiger partial charge in [-0.25, -0.2) is 0 Å². The Labute approximate surface area is 235 Å². The summed E-state index contributed by atoms with van der Waals surface area (Å²) in [5.41, 5.74) is 4.95. The van der Waals surface area contributed by atoms with E-state index in [4.69, 9.17) is 4.74 Å². The van der Waals surface area contributed by atoms with Crippen molar-refractivity contribution in [2.45, 2.75) is 97.9 Å². The van der Waals surface area contributed by atoms with Crippen molar-refractivity contribution >= 4 is 5.78 Å². The van der Waals surface area contributed by atoms with E-state index in [1.54, 1.807) is 0 Å². The molecular formula is C36H46O3. The maximum absolute atomic E-state index is 13.5. The number of hydrogen-bond donors (Lipinski definition) is 1. The second-order valence-electron chi connectivity index (χ2n) is 14.0. The number of rotatable bonds is 6. The highest BCUT2D eigenvalue weighted by Crippen LogP contribution is 2.70. The number of aryl methyl sites for hydroxylation is 1. The van der Waals surface area contributed by atoms with E-state index in [-0.39, 0.29) is 16.2 Å². The van der Waals surface area contributed by atoms with E-state index in [1.807, 2.05) is 6.92 Å². The largest absolute Gasteiger partial charge is 0.365 e. The van der Waals surface area contributed by atoms with Crippen LogP contribution in [0.1, 0.15) is 88.8 Å². The molecule has 3 nitrogen and oxygen atoms in total. The van der Waals surface area contributed by atoms with Crippen molar-refractivity contribution in [1.82, 2.24) is 0 Å². The average Bonchev–Trinajstić information content (AvgIpc) is 3.23. The summed E-state index contributed by atoms with van der Waals surface area (Å²) in [5, 5.41) is 11.5. The summed E-state index contributed by atoms with van der Waals surface area (Å²) in [6.45, 7) is 9.33. The molecule has 0 heterocycles. The van der Waals surface area contributed by atoms with E-state index >= 15 is 0 Å². The smallest absolute Gasteiger partial charge is 0.169 e. The Balaban J connectivity index is 1.22. The van der Waals surface area contributed by atoms with E-state index in [2.05, 4.69) is 81.4 Å². The van der Waals surface area contributed by atoms with E-state index < -0.39 is 5.79 Å². The van der Waals surface area contributed by atoms with Crippen LogP contribution in [0.15, 0.2) is 66.2 Å². The van der Waals surface area contributed by atoms with Crippen LogP contribution < -0.4 is 0 Å². The van der Waals surface area contributed by atoms with E-state index in [0.717, 1.165) is 44.1 Å². The first-order valence-corrected chi connectivity index (χ1v) is 15.3. The molecule has 2 aromatic carbocycles. The molecule has 0 spiro atoms. The fourth-order valence-electron chi connectivity index (χ4n) is 9.71. The van der Waals surface area contributed by atoms with Gasteiger partial charge in [0.15, 0.2) is 5.79 Å². The van der Waals surface area contributed by atoms with Crippen molar-refractivity contribution in [3.8, 4) is 0 Å². The molecule has 2 aromatic rings. The molecule has 0 aromatic heterocycles. The monoisotopic (exact) mass is 526 g/mol. The quantitative estimate of drug-likeness (QED) is 0.307. The molecule has 0 saturated heterocycles. The number of Topliss-reactive ketones (excluding diaryl/α,β-unsaturated/α-hetero) is 1. The van der Waals surface area contributed by atoms with Crippen LogP contribution >= 0.6 is 0 Å². The minimum atomic E-state index is -1.08. The lowest BCUT2D eigenvalue weighted by Crippen LogP contribution is -2.55. The first-order valence-electron chi connectivity index (χ1n) is 15.3. The SMILES string of the molecule is CC(=O)[C@]1(Cc2ccccc2)CCC2C3CC=C4C[C@@](O)(OCc5ccc(C)cc5)CC[C@]4(C)C3CC[C@@]21C. The van der Waals surface area contributed by atoms with Crippen LogP contribution in [0.4, 0.5) is 0 Å². The van der Waals surface area contributed by atoms with Crippen LogP contribution in [0.2, 0.25) is 0 Å². The fourth-order valence-corrected chi connectivity index (χ4v) is 9.71. The molecule has 7 atom stereocenters. The average molecular weight is 527 g/mol. The Morgan fingerprint density at radius 2 is 1.64 bits per heavy atom. The topological polar surface area (TPSA) is 46.5 Å². The Kier molecular flexibility index (Phi) is 6.71. The molecule has 0 bridgehead atoms. The highest BCUT2D eigenvalue weighted by Gasteiger charge is 2.65. The molecule has 4 aliphatic carbocycles. The van der Waals surface area contributed by atoms with Crippen molar-refractivity contribution in [3.63, 3.8) is 0 Å². The highest BCUT2D eigenvalue weighted by atomic mass is 16.6. The van der Waals surface area contributed by atoms with Crippen LogP contribution in [0.3, 0.4) is 0 Å². The standard InChI is InChI=1S/C36H46O3/c1-25-10-12-28(13-11-25)24-39-36(38)21-20-33(3)29(23-36)14-15-30-31(33)16-18-34(4)32(30)17-19-35(34,26(2)37)22-27-8-6-5-7-9-27/h5-14,30-32,38H,15-24H2,1-4H3/t30?,31?,32?,33-,34-,35+,36-/m0/s1. The van der Waals surface area contributed by atoms with Crippen LogP contribution in [0.5, 0.6) is 0 Å². The van der Waals surface area contributed by atoms with Crippen molar-refractivity contribution in [2.75, 3.05) is 0 Å². The van der Waals surface area contributed by atoms with Gasteiger partial charge >= 0.3 is 0 Å². The number of benzene rings is 2. The number of carbonyl (C=O) groups excluding carboxylic acids is 1. The summed E-state index contributed by atoms with van der Waals surface area (Å²) in [7, 11) is 0. The van der Waals surface area contributed by atoms with Gasteiger partial charge in [-0.2, -0.15) is 0 Å². The molecule has 6 rings (SSSR count). The lowest BCUT2D eigenvalue weighted by atomic mass is 9.44. The number of aliphatic hydroxyl groups is 1. The molecule has 0 radical (unpaired) electrons. The number of carbonyl (C=O) groups is 1. The van der Waals surface area contributed by atoms with Crippen molar-refractivity contribution < 1.29 is 14.6 Å². The molecule has 1 N–H and O–H groups in total. The van der Waals surface area contributed by atoms with Gasteiger partial charge in [0.1, 0.15) is 5.78 Å². The predicted octanol–water partition coefficient (Wildman–Crippen LogP) is 7.98.